The minimum absolute atomic E-state index is 0.0826. The van der Waals surface area contributed by atoms with Gasteiger partial charge in [-0.3, -0.25) is 10.7 Å². The quantitative estimate of drug-likeness (QED) is 0.414. The highest BCUT2D eigenvalue weighted by Gasteiger charge is 2.15. The molecule has 0 aromatic heterocycles. The minimum Gasteiger partial charge on any atom is -0.444 e. The second-order valence-corrected chi connectivity index (χ2v) is 3.25. The Bertz CT molecular complexity index is 170. The molecule has 0 spiro atoms. The first kappa shape index (κ1) is 9.94. The van der Waals surface area contributed by atoms with E-state index in [1.54, 1.807) is 20.8 Å². The van der Waals surface area contributed by atoms with E-state index < -0.39 is 11.7 Å². The first-order valence-electron chi connectivity index (χ1n) is 3.36. The zero-order valence-corrected chi connectivity index (χ0v) is 7.32. The molecular weight excluding hydrogens is 144 g/mol. The van der Waals surface area contributed by atoms with Crippen molar-refractivity contribution in [2.75, 3.05) is 0 Å². The molecule has 0 aromatic carbocycles. The Labute approximate surface area is 66.4 Å². The monoisotopic (exact) mass is 158 g/mol. The third kappa shape index (κ3) is 6.83. The molecule has 11 heavy (non-hydrogen) atoms. The highest BCUT2D eigenvalue weighted by molar-refractivity contribution is 5.91. The number of carbonyl (C=O) groups is 1. The van der Waals surface area contributed by atoms with Gasteiger partial charge in [0.15, 0.2) is 0 Å². The Hall–Kier alpha value is -1.06. The number of hydrogen-bond donors (Lipinski definition) is 2. The predicted octanol–water partition coefficient (Wildman–Crippen LogP) is 1.51. The van der Waals surface area contributed by atoms with Gasteiger partial charge in [-0.1, -0.05) is 0 Å². The molecule has 0 aliphatic heterocycles. The average Bonchev–Trinajstić information content (AvgIpc) is 1.53. The van der Waals surface area contributed by atoms with Crippen LogP contribution in [0.5, 0.6) is 0 Å². The Morgan fingerprint density at radius 3 is 2.18 bits per heavy atom. The zero-order chi connectivity index (χ0) is 9.07. The standard InChI is InChI=1S/C7H14N2O2/c1-5(8)9-6(10)11-7(2,3)4/h1-4H3,(H2,8,9,10). The average molecular weight is 158 g/mol. The summed E-state index contributed by atoms with van der Waals surface area (Å²) < 4.78 is 4.86. The third-order valence-corrected chi connectivity index (χ3v) is 0.688. The molecule has 0 saturated heterocycles. The summed E-state index contributed by atoms with van der Waals surface area (Å²) in [5.74, 6) is 0.0826. The van der Waals surface area contributed by atoms with Gasteiger partial charge in [-0.2, -0.15) is 0 Å². The van der Waals surface area contributed by atoms with Crippen molar-refractivity contribution in [2.45, 2.75) is 33.3 Å². The van der Waals surface area contributed by atoms with Crippen molar-refractivity contribution >= 4 is 11.9 Å². The smallest absolute Gasteiger partial charge is 0.413 e. The van der Waals surface area contributed by atoms with Crippen molar-refractivity contribution < 1.29 is 9.53 Å². The summed E-state index contributed by atoms with van der Waals surface area (Å²) in [6.07, 6.45) is -0.579. The van der Waals surface area contributed by atoms with Crippen LogP contribution in [0.4, 0.5) is 4.79 Å². The lowest BCUT2D eigenvalue weighted by Gasteiger charge is -2.19. The number of amidine groups is 1. The normalized spacial score (nSPS) is 10.5. The lowest BCUT2D eigenvalue weighted by Crippen LogP contribution is -2.34. The molecule has 0 aliphatic rings. The van der Waals surface area contributed by atoms with E-state index >= 15 is 0 Å². The highest BCUT2D eigenvalue weighted by Crippen LogP contribution is 2.05. The second-order valence-electron chi connectivity index (χ2n) is 3.25. The zero-order valence-electron chi connectivity index (χ0n) is 7.32. The van der Waals surface area contributed by atoms with E-state index in [1.807, 2.05) is 0 Å². The molecule has 0 rings (SSSR count). The summed E-state index contributed by atoms with van der Waals surface area (Å²) in [7, 11) is 0. The number of ether oxygens (including phenoxy) is 1. The van der Waals surface area contributed by atoms with E-state index in [1.165, 1.54) is 6.92 Å². The van der Waals surface area contributed by atoms with Gasteiger partial charge in [0.25, 0.3) is 0 Å². The molecule has 0 saturated carbocycles. The maximum absolute atomic E-state index is 10.8. The Morgan fingerprint density at radius 1 is 1.45 bits per heavy atom. The molecule has 64 valence electrons. The highest BCUT2D eigenvalue weighted by atomic mass is 16.6. The van der Waals surface area contributed by atoms with E-state index in [4.69, 9.17) is 10.1 Å². The number of alkyl carbamates (subject to hydrolysis) is 1. The van der Waals surface area contributed by atoms with Gasteiger partial charge in [0.05, 0.1) is 5.84 Å². The Kier molecular flexibility index (Phi) is 3.04. The van der Waals surface area contributed by atoms with Gasteiger partial charge in [-0.25, -0.2) is 4.79 Å². The molecule has 0 fully saturated rings. The number of carbonyl (C=O) groups excluding carboxylic acids is 1. The van der Waals surface area contributed by atoms with Crippen molar-refractivity contribution in [3.8, 4) is 0 Å². The molecule has 4 nitrogen and oxygen atoms in total. The Balaban J connectivity index is 3.80. The van der Waals surface area contributed by atoms with E-state index in [2.05, 4.69) is 5.32 Å². The second kappa shape index (κ2) is 3.37. The largest absolute Gasteiger partial charge is 0.444 e. The fourth-order valence-corrected chi connectivity index (χ4v) is 0.457. The van der Waals surface area contributed by atoms with Crippen LogP contribution in [0.25, 0.3) is 0 Å². The summed E-state index contributed by atoms with van der Waals surface area (Å²) in [6.45, 7) is 6.79. The van der Waals surface area contributed by atoms with E-state index in [0.29, 0.717) is 0 Å². The molecule has 2 N–H and O–H groups in total. The van der Waals surface area contributed by atoms with Crippen LogP contribution in [0.1, 0.15) is 27.7 Å². The van der Waals surface area contributed by atoms with Gasteiger partial charge < -0.3 is 4.74 Å². The van der Waals surface area contributed by atoms with Crippen molar-refractivity contribution in [2.24, 2.45) is 0 Å². The summed E-state index contributed by atoms with van der Waals surface area (Å²) >= 11 is 0. The van der Waals surface area contributed by atoms with E-state index in [0.717, 1.165) is 0 Å². The van der Waals surface area contributed by atoms with Gasteiger partial charge in [0.1, 0.15) is 5.60 Å². The summed E-state index contributed by atoms with van der Waals surface area (Å²) in [4.78, 5) is 10.8. The molecule has 0 unspecified atom stereocenters. The topological polar surface area (TPSA) is 62.2 Å². The number of hydrogen-bond acceptors (Lipinski definition) is 3. The van der Waals surface area contributed by atoms with Gasteiger partial charge in [0, 0.05) is 0 Å². The first-order chi connectivity index (χ1) is 4.81. The first-order valence-corrected chi connectivity index (χ1v) is 3.36. The number of amides is 1. The molecule has 1 amide bonds. The molecule has 0 heterocycles. The Morgan fingerprint density at radius 2 is 1.91 bits per heavy atom. The molecule has 0 aromatic rings. The molecule has 0 atom stereocenters. The van der Waals surface area contributed by atoms with Crippen LogP contribution in [0.2, 0.25) is 0 Å². The van der Waals surface area contributed by atoms with Crippen LogP contribution in [-0.2, 0) is 4.74 Å². The van der Waals surface area contributed by atoms with Gasteiger partial charge in [-0.05, 0) is 27.7 Å². The number of rotatable bonds is 0. The maximum Gasteiger partial charge on any atom is 0.413 e. The molecule has 0 aliphatic carbocycles. The molecule has 0 radical (unpaired) electrons. The van der Waals surface area contributed by atoms with Crippen molar-refractivity contribution in [1.29, 1.82) is 5.41 Å². The van der Waals surface area contributed by atoms with Gasteiger partial charge in [-0.15, -0.1) is 0 Å². The van der Waals surface area contributed by atoms with Gasteiger partial charge in [0.2, 0.25) is 0 Å². The summed E-state index contributed by atoms with van der Waals surface area (Å²) in [6, 6.07) is 0. The van der Waals surface area contributed by atoms with Crippen LogP contribution >= 0.6 is 0 Å². The lowest BCUT2D eigenvalue weighted by molar-refractivity contribution is 0.0562. The van der Waals surface area contributed by atoms with Crippen LogP contribution in [0.3, 0.4) is 0 Å². The predicted molar refractivity (Wildman–Crippen MR) is 42.8 cm³/mol. The third-order valence-electron chi connectivity index (χ3n) is 0.688. The fraction of sp³-hybridized carbons (Fsp3) is 0.714. The van der Waals surface area contributed by atoms with Crippen molar-refractivity contribution in [3.05, 3.63) is 0 Å². The maximum atomic E-state index is 10.8. The number of nitrogens with one attached hydrogen (secondary N) is 2. The molecule has 4 heteroatoms. The van der Waals surface area contributed by atoms with Crippen molar-refractivity contribution in [1.82, 2.24) is 5.32 Å². The van der Waals surface area contributed by atoms with Crippen LogP contribution in [0.15, 0.2) is 0 Å². The van der Waals surface area contributed by atoms with Gasteiger partial charge >= 0.3 is 6.09 Å². The van der Waals surface area contributed by atoms with E-state index in [9.17, 15) is 4.79 Å². The minimum atomic E-state index is -0.579. The SMILES string of the molecule is CC(=N)NC(=O)OC(C)(C)C. The molecular formula is C7H14N2O2. The lowest BCUT2D eigenvalue weighted by atomic mass is 10.2. The fourth-order valence-electron chi connectivity index (χ4n) is 0.457. The summed E-state index contributed by atoms with van der Waals surface area (Å²) in [5, 5.41) is 9.14. The van der Waals surface area contributed by atoms with Crippen molar-refractivity contribution in [3.63, 3.8) is 0 Å². The van der Waals surface area contributed by atoms with E-state index in [-0.39, 0.29) is 5.84 Å². The van der Waals surface area contributed by atoms with Crippen LogP contribution in [-0.4, -0.2) is 17.5 Å². The van der Waals surface area contributed by atoms with Crippen LogP contribution in [0, 0.1) is 5.41 Å². The van der Waals surface area contributed by atoms with Crippen LogP contribution < -0.4 is 5.32 Å². The molecule has 0 bridgehead atoms. The summed E-state index contributed by atoms with van der Waals surface area (Å²) in [5.41, 5.74) is -0.500.